The first-order valence-corrected chi connectivity index (χ1v) is 6.97. The van der Waals surface area contributed by atoms with E-state index in [1.807, 2.05) is 0 Å². The van der Waals surface area contributed by atoms with Crippen molar-refractivity contribution in [2.24, 2.45) is 7.05 Å². The molecule has 0 aliphatic heterocycles. The Hall–Kier alpha value is -1.55. The number of carboxylic acid groups (broad SMARTS) is 1. The van der Waals surface area contributed by atoms with Crippen molar-refractivity contribution in [3.8, 4) is 0 Å². The van der Waals surface area contributed by atoms with Crippen molar-refractivity contribution >= 4 is 16.0 Å². The van der Waals surface area contributed by atoms with E-state index >= 15 is 0 Å². The number of alkyl halides is 3. The second kappa shape index (κ2) is 4.22. The Morgan fingerprint density at radius 3 is 2.35 bits per heavy atom. The first-order chi connectivity index (χ1) is 8.98. The zero-order valence-electron chi connectivity index (χ0n) is 10.2. The maximum atomic E-state index is 12.7. The van der Waals surface area contributed by atoms with Crippen LogP contribution >= 0.6 is 0 Å². The second-order valence-corrected chi connectivity index (χ2v) is 6.34. The Morgan fingerprint density at radius 2 is 2.00 bits per heavy atom. The molecule has 1 saturated carbocycles. The molecule has 0 aromatic carbocycles. The van der Waals surface area contributed by atoms with Crippen LogP contribution < -0.4 is 4.72 Å². The molecule has 0 spiro atoms. The third-order valence-corrected chi connectivity index (χ3v) is 4.63. The van der Waals surface area contributed by atoms with Crippen molar-refractivity contribution in [3.63, 3.8) is 0 Å². The predicted octanol–water partition coefficient (Wildman–Crippen LogP) is 1.10. The maximum Gasteiger partial charge on any atom is 0.407 e. The number of rotatable bonds is 4. The molecule has 0 radical (unpaired) electrons. The van der Waals surface area contributed by atoms with Crippen molar-refractivity contribution in [2.75, 3.05) is 0 Å². The fraction of sp³-hybridized carbons (Fsp3) is 0.500. The summed E-state index contributed by atoms with van der Waals surface area (Å²) in [5, 5.41) is 8.80. The van der Waals surface area contributed by atoms with E-state index in [2.05, 4.69) is 0 Å². The molecule has 1 heterocycles. The van der Waals surface area contributed by atoms with Gasteiger partial charge < -0.3 is 9.67 Å². The largest absolute Gasteiger partial charge is 0.477 e. The molecule has 1 aliphatic carbocycles. The van der Waals surface area contributed by atoms with Gasteiger partial charge in [-0.1, -0.05) is 0 Å². The minimum Gasteiger partial charge on any atom is -0.477 e. The van der Waals surface area contributed by atoms with Crippen LogP contribution in [0.5, 0.6) is 0 Å². The Bertz CT molecular complexity index is 659. The van der Waals surface area contributed by atoms with E-state index in [1.54, 1.807) is 4.72 Å². The van der Waals surface area contributed by atoms with Crippen molar-refractivity contribution in [3.05, 3.63) is 18.0 Å². The minimum absolute atomic E-state index is 0.325. The van der Waals surface area contributed by atoms with Crippen LogP contribution in [0.4, 0.5) is 13.2 Å². The minimum atomic E-state index is -4.68. The highest BCUT2D eigenvalue weighted by molar-refractivity contribution is 7.89. The molecular formula is C10H11F3N2O4S. The summed E-state index contributed by atoms with van der Waals surface area (Å²) in [6.45, 7) is 0. The van der Waals surface area contributed by atoms with Gasteiger partial charge in [0.2, 0.25) is 10.0 Å². The summed E-state index contributed by atoms with van der Waals surface area (Å²) in [7, 11) is -3.14. The molecule has 1 fully saturated rings. The van der Waals surface area contributed by atoms with Gasteiger partial charge in [-0.2, -0.15) is 17.9 Å². The van der Waals surface area contributed by atoms with E-state index in [4.69, 9.17) is 5.11 Å². The Labute approximate surface area is 112 Å². The maximum absolute atomic E-state index is 12.7. The van der Waals surface area contributed by atoms with Gasteiger partial charge in [-0.25, -0.2) is 13.2 Å². The highest BCUT2D eigenvalue weighted by Crippen LogP contribution is 2.49. The van der Waals surface area contributed by atoms with Crippen molar-refractivity contribution in [1.82, 2.24) is 9.29 Å². The van der Waals surface area contributed by atoms with Gasteiger partial charge in [-0.05, 0) is 18.9 Å². The lowest BCUT2D eigenvalue weighted by molar-refractivity contribution is -0.160. The molecule has 0 bridgehead atoms. The lowest BCUT2D eigenvalue weighted by atomic mass is 10.3. The summed E-state index contributed by atoms with van der Waals surface area (Å²) in [5.41, 5.74) is -2.76. The first kappa shape index (κ1) is 14.9. The molecule has 0 atom stereocenters. The van der Waals surface area contributed by atoms with Crippen molar-refractivity contribution in [1.29, 1.82) is 0 Å². The van der Waals surface area contributed by atoms with Gasteiger partial charge in [-0.3, -0.25) is 0 Å². The van der Waals surface area contributed by atoms with Gasteiger partial charge in [0.15, 0.2) is 0 Å². The van der Waals surface area contributed by atoms with Gasteiger partial charge in [0.1, 0.15) is 16.1 Å². The van der Waals surface area contributed by atoms with Gasteiger partial charge in [0.05, 0.1) is 0 Å². The van der Waals surface area contributed by atoms with E-state index in [9.17, 15) is 26.4 Å². The van der Waals surface area contributed by atoms with Crippen molar-refractivity contribution < 1.29 is 31.5 Å². The molecule has 1 aromatic heterocycles. The smallest absolute Gasteiger partial charge is 0.407 e. The van der Waals surface area contributed by atoms with Crippen LogP contribution in [0.3, 0.4) is 0 Å². The van der Waals surface area contributed by atoms with Crippen LogP contribution in [0, 0.1) is 0 Å². The number of aromatic nitrogens is 1. The molecule has 0 amide bonds. The monoisotopic (exact) mass is 312 g/mol. The normalized spacial score (nSPS) is 18.0. The van der Waals surface area contributed by atoms with Gasteiger partial charge in [0.25, 0.3) is 0 Å². The summed E-state index contributed by atoms with van der Waals surface area (Å²) in [6, 6.07) is 0.817. The molecule has 112 valence electrons. The number of nitrogens with zero attached hydrogens (tertiary/aromatic N) is 1. The van der Waals surface area contributed by atoms with Crippen LogP contribution in [0.1, 0.15) is 23.3 Å². The zero-order chi connectivity index (χ0) is 15.3. The van der Waals surface area contributed by atoms with Gasteiger partial charge in [-0.15, -0.1) is 0 Å². The number of aryl methyl sites for hydroxylation is 1. The predicted molar refractivity (Wildman–Crippen MR) is 60.7 cm³/mol. The first-order valence-electron chi connectivity index (χ1n) is 5.49. The van der Waals surface area contributed by atoms with E-state index < -0.39 is 32.6 Å². The van der Waals surface area contributed by atoms with E-state index in [0.717, 1.165) is 16.8 Å². The topological polar surface area (TPSA) is 88.4 Å². The highest BCUT2D eigenvalue weighted by Gasteiger charge is 2.65. The highest BCUT2D eigenvalue weighted by atomic mass is 32.2. The molecule has 1 aliphatic rings. The molecule has 6 nitrogen and oxygen atoms in total. The summed E-state index contributed by atoms with van der Waals surface area (Å²) in [5.74, 6) is -1.37. The fourth-order valence-corrected chi connectivity index (χ4v) is 3.29. The summed E-state index contributed by atoms with van der Waals surface area (Å²) < 4.78 is 64.6. The summed E-state index contributed by atoms with van der Waals surface area (Å²) >= 11 is 0. The van der Waals surface area contributed by atoms with Gasteiger partial charge >= 0.3 is 12.1 Å². The number of halogens is 3. The summed E-state index contributed by atoms with van der Waals surface area (Å²) in [6.07, 6.45) is -4.37. The van der Waals surface area contributed by atoms with E-state index in [1.165, 1.54) is 7.05 Å². The Morgan fingerprint density at radius 1 is 1.45 bits per heavy atom. The Kier molecular flexibility index (Phi) is 3.13. The molecule has 2 N–H and O–H groups in total. The number of aromatic carboxylic acids is 1. The van der Waals surface area contributed by atoms with Gasteiger partial charge in [0, 0.05) is 13.2 Å². The lowest BCUT2D eigenvalue weighted by Gasteiger charge is -2.20. The lowest BCUT2D eigenvalue weighted by Crippen LogP contribution is -2.47. The van der Waals surface area contributed by atoms with Crippen LogP contribution in [0.25, 0.3) is 0 Å². The van der Waals surface area contributed by atoms with Crippen LogP contribution in [0.2, 0.25) is 0 Å². The molecule has 2 rings (SSSR count). The number of nitrogens with one attached hydrogen (secondary N) is 1. The third kappa shape index (κ3) is 2.40. The van der Waals surface area contributed by atoms with Crippen LogP contribution in [-0.2, 0) is 17.1 Å². The van der Waals surface area contributed by atoms with Crippen molar-refractivity contribution in [2.45, 2.75) is 29.5 Å². The standard InChI is InChI=1S/C10H11F3N2O4S/c1-15-5-6(4-7(15)8(16)17)20(18,19)14-9(2-3-9)10(11,12)13/h4-5,14H,2-3H2,1H3,(H,16,17). The van der Waals surface area contributed by atoms with E-state index in [-0.39, 0.29) is 18.5 Å². The third-order valence-electron chi connectivity index (χ3n) is 3.13. The quantitative estimate of drug-likeness (QED) is 0.871. The number of carbonyl (C=O) groups is 1. The molecule has 1 aromatic rings. The fourth-order valence-electron chi connectivity index (χ4n) is 1.78. The molecule has 0 saturated heterocycles. The number of carboxylic acids is 1. The molecule has 20 heavy (non-hydrogen) atoms. The van der Waals surface area contributed by atoms with E-state index in [0.29, 0.717) is 0 Å². The SMILES string of the molecule is Cn1cc(S(=O)(=O)NC2(C(F)(F)F)CC2)cc1C(=O)O. The molecular weight excluding hydrogens is 301 g/mol. The second-order valence-electron chi connectivity index (χ2n) is 4.66. The average molecular weight is 312 g/mol. The molecule has 10 heteroatoms. The van der Waals surface area contributed by atoms with Crippen LogP contribution in [-0.4, -0.2) is 35.8 Å². The summed E-state index contributed by atoms with van der Waals surface area (Å²) in [4.78, 5) is 10.3. The van der Waals surface area contributed by atoms with Crippen LogP contribution in [0.15, 0.2) is 17.2 Å². The zero-order valence-corrected chi connectivity index (χ0v) is 11.0. The Balaban J connectivity index is 2.33. The molecule has 0 unspecified atom stereocenters. The average Bonchev–Trinajstić information content (AvgIpc) is 2.91. The number of hydrogen-bond donors (Lipinski definition) is 2. The number of hydrogen-bond acceptors (Lipinski definition) is 3. The number of sulfonamides is 1.